The summed E-state index contributed by atoms with van der Waals surface area (Å²) >= 11 is 0. The Morgan fingerprint density at radius 2 is 1.93 bits per heavy atom. The Balaban J connectivity index is 1.56. The molecule has 4 rings (SSSR count). The van der Waals surface area contributed by atoms with Crippen LogP contribution >= 0.6 is 0 Å². The van der Waals surface area contributed by atoms with Crippen molar-refractivity contribution >= 4 is 23.0 Å². The monoisotopic (exact) mass is 376 g/mol. The molecule has 1 aliphatic rings. The van der Waals surface area contributed by atoms with E-state index in [-0.39, 0.29) is 0 Å². The molecule has 1 atom stereocenters. The molecule has 0 saturated carbocycles. The van der Waals surface area contributed by atoms with E-state index in [4.69, 9.17) is 13.9 Å². The smallest absolute Gasteiger partial charge is 0.336 e. The van der Waals surface area contributed by atoms with Gasteiger partial charge in [-0.25, -0.2) is 9.59 Å². The molecule has 5 nitrogen and oxygen atoms in total. The molecule has 3 aromatic rings. The van der Waals surface area contributed by atoms with Gasteiger partial charge in [-0.1, -0.05) is 30.3 Å². The highest BCUT2D eigenvalue weighted by atomic mass is 16.6. The van der Waals surface area contributed by atoms with Gasteiger partial charge in [0.15, 0.2) is 0 Å². The van der Waals surface area contributed by atoms with E-state index in [0.29, 0.717) is 17.8 Å². The molecule has 2 aromatic carbocycles. The molecule has 5 heteroatoms. The first kappa shape index (κ1) is 18.0. The molecular weight excluding hydrogens is 356 g/mol. The molecule has 0 unspecified atom stereocenters. The van der Waals surface area contributed by atoms with E-state index in [1.807, 2.05) is 50.2 Å². The minimum atomic E-state index is -0.716. The third kappa shape index (κ3) is 3.69. The topological polar surface area (TPSA) is 65.7 Å². The van der Waals surface area contributed by atoms with E-state index < -0.39 is 23.3 Å². The van der Waals surface area contributed by atoms with E-state index >= 15 is 0 Å². The molecule has 0 aliphatic carbocycles. The summed E-state index contributed by atoms with van der Waals surface area (Å²) in [6, 6.07) is 16.3. The minimum absolute atomic E-state index is 0.403. The average molecular weight is 376 g/mol. The van der Waals surface area contributed by atoms with Crippen LogP contribution in [-0.2, 0) is 16.0 Å². The molecule has 28 heavy (non-hydrogen) atoms. The molecule has 2 heterocycles. The Morgan fingerprint density at radius 1 is 1.14 bits per heavy atom. The highest BCUT2D eigenvalue weighted by Crippen LogP contribution is 2.37. The van der Waals surface area contributed by atoms with Gasteiger partial charge in [-0.15, -0.1) is 0 Å². The number of rotatable bonds is 3. The van der Waals surface area contributed by atoms with Crippen molar-refractivity contribution in [1.29, 1.82) is 0 Å². The third-order valence-electron chi connectivity index (χ3n) is 4.83. The van der Waals surface area contributed by atoms with Crippen molar-refractivity contribution in [2.45, 2.75) is 32.0 Å². The van der Waals surface area contributed by atoms with Crippen LogP contribution in [0.2, 0.25) is 0 Å². The van der Waals surface area contributed by atoms with Crippen molar-refractivity contribution in [3.05, 3.63) is 82.2 Å². The van der Waals surface area contributed by atoms with Gasteiger partial charge in [-0.3, -0.25) is 0 Å². The van der Waals surface area contributed by atoms with Crippen molar-refractivity contribution in [3.63, 3.8) is 0 Å². The molecule has 1 aliphatic heterocycles. The lowest BCUT2D eigenvalue weighted by Crippen LogP contribution is -2.48. The number of esters is 1. The third-order valence-corrected chi connectivity index (χ3v) is 4.83. The predicted octanol–water partition coefficient (Wildman–Crippen LogP) is 4.13. The van der Waals surface area contributed by atoms with Crippen LogP contribution in [0.15, 0.2) is 69.9 Å². The Kier molecular flexibility index (Phi) is 4.51. The van der Waals surface area contributed by atoms with Crippen molar-refractivity contribution < 1.29 is 18.7 Å². The van der Waals surface area contributed by atoms with Crippen molar-refractivity contribution in [1.82, 2.24) is 0 Å². The SMILES string of the molecule is CC1(C)Oc2cc3oc(=O)ccc3cc2C[C@@H]1OC(=O)/C=C/c1ccccc1. The normalized spacial score (nSPS) is 17.9. The largest absolute Gasteiger partial charge is 0.484 e. The first-order valence-electron chi connectivity index (χ1n) is 9.10. The fraction of sp³-hybridized carbons (Fsp3) is 0.217. The summed E-state index contributed by atoms with van der Waals surface area (Å²) < 4.78 is 17.0. The second-order valence-corrected chi connectivity index (χ2v) is 7.33. The summed E-state index contributed by atoms with van der Waals surface area (Å²) in [5.41, 5.74) is 1.19. The molecule has 0 N–H and O–H groups in total. The number of fused-ring (bicyclic) bond motifs is 2. The first-order valence-corrected chi connectivity index (χ1v) is 9.10. The average Bonchev–Trinajstić information content (AvgIpc) is 2.66. The van der Waals surface area contributed by atoms with Crippen LogP contribution in [0.25, 0.3) is 17.0 Å². The molecule has 142 valence electrons. The maximum absolute atomic E-state index is 12.3. The number of carbonyl (C=O) groups excluding carboxylic acids is 1. The molecule has 0 bridgehead atoms. The van der Waals surface area contributed by atoms with Gasteiger partial charge in [0, 0.05) is 30.0 Å². The zero-order chi connectivity index (χ0) is 19.7. The molecular formula is C23H20O5. The summed E-state index contributed by atoms with van der Waals surface area (Å²) in [7, 11) is 0. The summed E-state index contributed by atoms with van der Waals surface area (Å²) in [5.74, 6) is 0.222. The minimum Gasteiger partial charge on any atom is -0.484 e. The molecule has 1 aromatic heterocycles. The number of hydrogen-bond acceptors (Lipinski definition) is 5. The maximum atomic E-state index is 12.3. The van der Waals surface area contributed by atoms with Crippen LogP contribution in [0.5, 0.6) is 5.75 Å². The van der Waals surface area contributed by atoms with Crippen molar-refractivity contribution in [2.75, 3.05) is 0 Å². The standard InChI is InChI=1S/C23H20O5/c1-23(2)20(27-22(25)10-8-15-6-4-3-5-7-15)13-17-12-16-9-11-21(24)26-18(16)14-19(17)28-23/h3-12,14,20H,13H2,1-2H3/b10-8+/t20-/m0/s1. The van der Waals surface area contributed by atoms with Gasteiger partial charge >= 0.3 is 11.6 Å². The van der Waals surface area contributed by atoms with Gasteiger partial charge in [0.05, 0.1) is 0 Å². The van der Waals surface area contributed by atoms with Gasteiger partial charge in [0.25, 0.3) is 0 Å². The first-order chi connectivity index (χ1) is 13.4. The van der Waals surface area contributed by atoms with E-state index in [1.165, 1.54) is 12.1 Å². The van der Waals surface area contributed by atoms with Crippen LogP contribution in [0, 0.1) is 0 Å². The van der Waals surface area contributed by atoms with Gasteiger partial charge in [-0.2, -0.15) is 0 Å². The summed E-state index contributed by atoms with van der Waals surface area (Å²) in [4.78, 5) is 23.8. The fourth-order valence-corrected chi connectivity index (χ4v) is 3.28. The molecule has 0 spiro atoms. The van der Waals surface area contributed by atoms with Crippen LogP contribution in [-0.4, -0.2) is 17.7 Å². The lowest BCUT2D eigenvalue weighted by atomic mass is 9.90. The number of benzene rings is 2. The molecule has 0 radical (unpaired) electrons. The Morgan fingerprint density at radius 3 is 2.71 bits per heavy atom. The predicted molar refractivity (Wildman–Crippen MR) is 106 cm³/mol. The van der Waals surface area contributed by atoms with Crippen LogP contribution in [0.1, 0.15) is 25.0 Å². The molecule has 0 amide bonds. The van der Waals surface area contributed by atoms with E-state index in [2.05, 4.69) is 0 Å². The van der Waals surface area contributed by atoms with Gasteiger partial charge < -0.3 is 13.9 Å². The second-order valence-electron chi connectivity index (χ2n) is 7.33. The van der Waals surface area contributed by atoms with E-state index in [0.717, 1.165) is 16.5 Å². The fourth-order valence-electron chi connectivity index (χ4n) is 3.28. The number of hydrogen-bond donors (Lipinski definition) is 0. The summed E-state index contributed by atoms with van der Waals surface area (Å²) in [6.07, 6.45) is 3.22. The summed E-state index contributed by atoms with van der Waals surface area (Å²) in [5, 5.41) is 0.802. The van der Waals surface area contributed by atoms with E-state index in [9.17, 15) is 9.59 Å². The summed E-state index contributed by atoms with van der Waals surface area (Å²) in [6.45, 7) is 3.75. The quantitative estimate of drug-likeness (QED) is 0.391. The lowest BCUT2D eigenvalue weighted by molar-refractivity contribution is -0.155. The zero-order valence-electron chi connectivity index (χ0n) is 15.7. The van der Waals surface area contributed by atoms with Gasteiger partial charge in [0.2, 0.25) is 0 Å². The van der Waals surface area contributed by atoms with Crippen molar-refractivity contribution in [3.8, 4) is 5.75 Å². The second kappa shape index (κ2) is 7.00. The van der Waals surface area contributed by atoms with Crippen LogP contribution in [0.4, 0.5) is 0 Å². The highest BCUT2D eigenvalue weighted by molar-refractivity contribution is 5.87. The number of carbonyl (C=O) groups is 1. The Bertz CT molecular complexity index is 1110. The Labute approximate surface area is 162 Å². The Hall–Kier alpha value is -3.34. The van der Waals surface area contributed by atoms with Gasteiger partial charge in [-0.05, 0) is 43.2 Å². The van der Waals surface area contributed by atoms with Crippen molar-refractivity contribution in [2.24, 2.45) is 0 Å². The van der Waals surface area contributed by atoms with Gasteiger partial charge in [0.1, 0.15) is 23.0 Å². The zero-order valence-corrected chi connectivity index (χ0v) is 15.7. The van der Waals surface area contributed by atoms with Crippen LogP contribution in [0.3, 0.4) is 0 Å². The molecule has 0 fully saturated rings. The highest BCUT2D eigenvalue weighted by Gasteiger charge is 2.39. The number of ether oxygens (including phenoxy) is 2. The van der Waals surface area contributed by atoms with Crippen LogP contribution < -0.4 is 10.4 Å². The lowest BCUT2D eigenvalue weighted by Gasteiger charge is -2.39. The molecule has 0 saturated heterocycles. The maximum Gasteiger partial charge on any atom is 0.336 e. The van der Waals surface area contributed by atoms with E-state index in [1.54, 1.807) is 18.2 Å².